The van der Waals surface area contributed by atoms with Gasteiger partial charge in [0.25, 0.3) is 0 Å². The van der Waals surface area contributed by atoms with Gasteiger partial charge in [-0.05, 0) is 24.5 Å². The van der Waals surface area contributed by atoms with Crippen molar-refractivity contribution in [1.29, 1.82) is 0 Å². The number of rotatable bonds is 11. The molecule has 0 unspecified atom stereocenters. The van der Waals surface area contributed by atoms with E-state index < -0.39 is 0 Å². The summed E-state index contributed by atoms with van der Waals surface area (Å²) >= 11 is 0. The van der Waals surface area contributed by atoms with Crippen molar-refractivity contribution in [3.8, 4) is 0 Å². The number of carbonyl (C=O) groups excluding carboxylic acids is 1. The van der Waals surface area contributed by atoms with Crippen molar-refractivity contribution in [2.75, 3.05) is 26.4 Å². The Morgan fingerprint density at radius 3 is 2.60 bits per heavy atom. The normalized spacial score (nSPS) is 10.2. The Morgan fingerprint density at radius 2 is 1.85 bits per heavy atom. The van der Waals surface area contributed by atoms with E-state index in [2.05, 4.69) is 11.9 Å². The van der Waals surface area contributed by atoms with Crippen molar-refractivity contribution in [2.45, 2.75) is 19.4 Å². The molecule has 1 amide bonds. The van der Waals surface area contributed by atoms with Crippen molar-refractivity contribution in [1.82, 2.24) is 5.32 Å². The predicted molar refractivity (Wildman–Crippen MR) is 79.4 cm³/mol. The van der Waals surface area contributed by atoms with Crippen LogP contribution in [0.15, 0.2) is 43.0 Å². The summed E-state index contributed by atoms with van der Waals surface area (Å²) in [6.07, 6.45) is 3.11. The minimum absolute atomic E-state index is 0.125. The monoisotopic (exact) mass is 277 g/mol. The predicted octanol–water partition coefficient (Wildman–Crippen LogP) is 2.30. The van der Waals surface area contributed by atoms with Crippen LogP contribution in [0.3, 0.4) is 0 Å². The molecule has 1 N–H and O–H groups in total. The number of nitrogens with one attached hydrogen (secondary N) is 1. The highest BCUT2D eigenvalue weighted by Gasteiger charge is 1.95. The first-order chi connectivity index (χ1) is 9.83. The Morgan fingerprint density at radius 1 is 1.10 bits per heavy atom. The summed E-state index contributed by atoms with van der Waals surface area (Å²) in [6.45, 7) is 6.57. The van der Waals surface area contributed by atoms with Crippen LogP contribution in [-0.2, 0) is 20.9 Å². The van der Waals surface area contributed by atoms with Crippen LogP contribution in [0, 0.1) is 0 Å². The van der Waals surface area contributed by atoms with Gasteiger partial charge >= 0.3 is 0 Å². The third-order valence-corrected chi connectivity index (χ3v) is 2.68. The van der Waals surface area contributed by atoms with E-state index in [-0.39, 0.29) is 5.91 Å². The molecule has 0 aromatic heterocycles. The molecule has 0 aliphatic heterocycles. The number of unbranched alkanes of at least 4 members (excludes halogenated alkanes) is 1. The maximum absolute atomic E-state index is 10.9. The van der Waals surface area contributed by atoms with Crippen LogP contribution in [0.4, 0.5) is 0 Å². The third kappa shape index (κ3) is 8.45. The molecule has 4 heteroatoms. The average Bonchev–Trinajstić information content (AvgIpc) is 2.50. The molecule has 4 nitrogen and oxygen atoms in total. The molecule has 1 aromatic carbocycles. The van der Waals surface area contributed by atoms with E-state index in [1.807, 2.05) is 30.3 Å². The highest BCUT2D eigenvalue weighted by atomic mass is 16.5. The quantitative estimate of drug-likeness (QED) is 0.499. The van der Waals surface area contributed by atoms with Crippen LogP contribution < -0.4 is 5.32 Å². The lowest BCUT2D eigenvalue weighted by Gasteiger charge is -2.06. The maximum atomic E-state index is 10.9. The number of amides is 1. The van der Waals surface area contributed by atoms with Crippen molar-refractivity contribution in [3.05, 3.63) is 48.6 Å². The van der Waals surface area contributed by atoms with Gasteiger partial charge in [0.2, 0.25) is 5.91 Å². The zero-order valence-corrected chi connectivity index (χ0v) is 11.8. The molecule has 0 saturated carbocycles. The molecule has 0 heterocycles. The summed E-state index contributed by atoms with van der Waals surface area (Å²) in [5.41, 5.74) is 1.17. The summed E-state index contributed by atoms with van der Waals surface area (Å²) in [4.78, 5) is 10.9. The molecule has 0 bridgehead atoms. The summed E-state index contributed by atoms with van der Waals surface area (Å²) in [5.74, 6) is -0.125. The van der Waals surface area contributed by atoms with E-state index in [4.69, 9.17) is 9.47 Å². The molecule has 0 atom stereocenters. The summed E-state index contributed by atoms with van der Waals surface area (Å²) in [5, 5.41) is 2.72. The fraction of sp³-hybridized carbons (Fsp3) is 0.438. The van der Waals surface area contributed by atoms with E-state index in [1.54, 1.807) is 0 Å². The average molecular weight is 277 g/mol. The lowest BCUT2D eigenvalue weighted by Crippen LogP contribution is -2.22. The number of carbonyl (C=O) groups is 1. The standard InChI is InChI=1S/C16H23NO3/c1-2-16(18)17-10-6-7-11-19-12-13-20-14-15-8-4-3-5-9-15/h2-5,8-9H,1,6-7,10-14H2,(H,17,18). The Hall–Kier alpha value is -1.65. The van der Waals surface area contributed by atoms with Gasteiger partial charge in [0.15, 0.2) is 0 Å². The van der Waals surface area contributed by atoms with Crippen molar-refractivity contribution in [3.63, 3.8) is 0 Å². The fourth-order valence-corrected chi connectivity index (χ4v) is 1.60. The largest absolute Gasteiger partial charge is 0.379 e. The van der Waals surface area contributed by atoms with E-state index in [0.29, 0.717) is 33.0 Å². The minimum atomic E-state index is -0.125. The minimum Gasteiger partial charge on any atom is -0.379 e. The van der Waals surface area contributed by atoms with Gasteiger partial charge in [0, 0.05) is 13.2 Å². The summed E-state index contributed by atoms with van der Waals surface area (Å²) in [6, 6.07) is 10.1. The van der Waals surface area contributed by atoms with E-state index in [1.165, 1.54) is 11.6 Å². The molecule has 110 valence electrons. The van der Waals surface area contributed by atoms with Gasteiger partial charge in [0.05, 0.1) is 19.8 Å². The topological polar surface area (TPSA) is 47.6 Å². The Labute approximate surface area is 120 Å². The maximum Gasteiger partial charge on any atom is 0.243 e. The first-order valence-corrected chi connectivity index (χ1v) is 6.92. The van der Waals surface area contributed by atoms with Crippen LogP contribution in [0.1, 0.15) is 18.4 Å². The van der Waals surface area contributed by atoms with Gasteiger partial charge in [-0.25, -0.2) is 0 Å². The van der Waals surface area contributed by atoms with E-state index in [0.717, 1.165) is 12.8 Å². The molecule has 0 spiro atoms. The zero-order chi connectivity index (χ0) is 14.5. The Bertz CT molecular complexity index is 379. The molecule has 0 aliphatic carbocycles. The molecule has 0 aliphatic rings. The van der Waals surface area contributed by atoms with E-state index in [9.17, 15) is 4.79 Å². The van der Waals surface area contributed by atoms with Gasteiger partial charge in [-0.3, -0.25) is 4.79 Å². The van der Waals surface area contributed by atoms with Gasteiger partial charge in [-0.1, -0.05) is 36.9 Å². The summed E-state index contributed by atoms with van der Waals surface area (Å²) in [7, 11) is 0. The summed E-state index contributed by atoms with van der Waals surface area (Å²) < 4.78 is 10.9. The molecule has 0 saturated heterocycles. The molecule has 1 aromatic rings. The molecule has 20 heavy (non-hydrogen) atoms. The second-order valence-corrected chi connectivity index (χ2v) is 4.35. The van der Waals surface area contributed by atoms with Crippen LogP contribution in [0.2, 0.25) is 0 Å². The van der Waals surface area contributed by atoms with Gasteiger partial charge in [0.1, 0.15) is 0 Å². The van der Waals surface area contributed by atoms with Crippen molar-refractivity contribution in [2.24, 2.45) is 0 Å². The third-order valence-electron chi connectivity index (χ3n) is 2.68. The van der Waals surface area contributed by atoms with Crippen LogP contribution >= 0.6 is 0 Å². The van der Waals surface area contributed by atoms with Gasteiger partial charge in [-0.15, -0.1) is 0 Å². The molecule has 0 fully saturated rings. The SMILES string of the molecule is C=CC(=O)NCCCCOCCOCc1ccccc1. The second-order valence-electron chi connectivity index (χ2n) is 4.35. The number of benzene rings is 1. The number of hydrogen-bond donors (Lipinski definition) is 1. The van der Waals surface area contributed by atoms with Crippen LogP contribution in [-0.4, -0.2) is 32.3 Å². The van der Waals surface area contributed by atoms with Crippen molar-refractivity contribution >= 4 is 5.91 Å². The lowest BCUT2D eigenvalue weighted by molar-refractivity contribution is -0.116. The smallest absolute Gasteiger partial charge is 0.243 e. The van der Waals surface area contributed by atoms with Crippen molar-refractivity contribution < 1.29 is 14.3 Å². The van der Waals surface area contributed by atoms with Gasteiger partial charge < -0.3 is 14.8 Å². The zero-order valence-electron chi connectivity index (χ0n) is 11.8. The van der Waals surface area contributed by atoms with E-state index >= 15 is 0 Å². The highest BCUT2D eigenvalue weighted by molar-refractivity contribution is 5.86. The Kier molecular flexibility index (Phi) is 9.19. The first-order valence-electron chi connectivity index (χ1n) is 6.92. The molecule has 1 rings (SSSR count). The molecular weight excluding hydrogens is 254 g/mol. The fourth-order valence-electron chi connectivity index (χ4n) is 1.60. The van der Waals surface area contributed by atoms with Gasteiger partial charge in [-0.2, -0.15) is 0 Å². The second kappa shape index (κ2) is 11.2. The number of hydrogen-bond acceptors (Lipinski definition) is 3. The van der Waals surface area contributed by atoms with Crippen LogP contribution in [0.5, 0.6) is 0 Å². The first kappa shape index (κ1) is 16.4. The molecule has 0 radical (unpaired) electrons. The molecular formula is C16H23NO3. The Balaban J connectivity index is 1.83. The highest BCUT2D eigenvalue weighted by Crippen LogP contribution is 2.00. The lowest BCUT2D eigenvalue weighted by atomic mass is 10.2. The van der Waals surface area contributed by atoms with Crippen LogP contribution in [0.25, 0.3) is 0 Å². The number of ether oxygens (including phenoxy) is 2.